The van der Waals surface area contributed by atoms with Crippen molar-refractivity contribution in [1.82, 2.24) is 9.78 Å². The van der Waals surface area contributed by atoms with E-state index in [1.54, 1.807) is 56.4 Å². The van der Waals surface area contributed by atoms with Gasteiger partial charge in [-0.05, 0) is 61.9 Å². The zero-order valence-corrected chi connectivity index (χ0v) is 17.6. The van der Waals surface area contributed by atoms with Crippen molar-refractivity contribution >= 4 is 27.4 Å². The smallest absolute Gasteiger partial charge is 0.358 e. The van der Waals surface area contributed by atoms with E-state index in [1.165, 1.54) is 16.8 Å². The van der Waals surface area contributed by atoms with E-state index in [0.29, 0.717) is 16.9 Å². The molecule has 2 aromatic carbocycles. The van der Waals surface area contributed by atoms with Crippen molar-refractivity contribution in [3.8, 4) is 5.69 Å². The molecular weight excluding hydrogens is 406 g/mol. The van der Waals surface area contributed by atoms with Crippen molar-refractivity contribution in [3.63, 3.8) is 0 Å². The minimum atomic E-state index is -3.42. The Balaban J connectivity index is 1.76. The van der Waals surface area contributed by atoms with Crippen LogP contribution in [0.25, 0.3) is 5.69 Å². The SMILES string of the molecule is CCOC(=O)c1ccn(-c2ccc(NC(=O)c3cc(S(C)(=O)=O)ccc3C)cc2)n1. The standard InChI is InChI=1S/C21H21N3O5S/c1-4-29-21(26)19-11-12-24(23-19)16-8-6-15(7-9-16)22-20(25)18-13-17(30(3,27)28)10-5-14(18)2/h5-13H,4H2,1-3H3,(H,22,25). The molecule has 9 heteroatoms. The van der Waals surface area contributed by atoms with E-state index in [4.69, 9.17) is 4.74 Å². The van der Waals surface area contributed by atoms with Gasteiger partial charge in [-0.2, -0.15) is 5.10 Å². The average molecular weight is 427 g/mol. The van der Waals surface area contributed by atoms with Gasteiger partial charge in [-0.1, -0.05) is 6.07 Å². The third-order valence-electron chi connectivity index (χ3n) is 4.35. The Kier molecular flexibility index (Phi) is 6.02. The van der Waals surface area contributed by atoms with Crippen LogP contribution in [0.15, 0.2) is 59.6 Å². The first-order chi connectivity index (χ1) is 14.2. The number of carbonyl (C=O) groups is 2. The minimum absolute atomic E-state index is 0.0877. The van der Waals surface area contributed by atoms with Gasteiger partial charge in [0.1, 0.15) is 0 Å². The quantitative estimate of drug-likeness (QED) is 0.606. The Morgan fingerprint density at radius 1 is 1.10 bits per heavy atom. The van der Waals surface area contributed by atoms with Crippen LogP contribution in [0, 0.1) is 6.92 Å². The number of anilines is 1. The Bertz CT molecular complexity index is 1200. The summed E-state index contributed by atoms with van der Waals surface area (Å²) < 4.78 is 30.0. The van der Waals surface area contributed by atoms with E-state index in [2.05, 4.69) is 10.4 Å². The molecule has 0 saturated carbocycles. The first-order valence-electron chi connectivity index (χ1n) is 9.14. The number of benzene rings is 2. The molecule has 0 aliphatic heterocycles. The summed E-state index contributed by atoms with van der Waals surface area (Å²) in [6.45, 7) is 3.73. The molecule has 0 unspecified atom stereocenters. The predicted molar refractivity (Wildman–Crippen MR) is 112 cm³/mol. The molecule has 0 fully saturated rings. The predicted octanol–water partition coefficient (Wildman–Crippen LogP) is 3.01. The molecule has 1 aromatic heterocycles. The number of amides is 1. The zero-order valence-electron chi connectivity index (χ0n) is 16.7. The molecule has 1 amide bonds. The fourth-order valence-corrected chi connectivity index (χ4v) is 3.40. The van der Waals surface area contributed by atoms with Gasteiger partial charge in [-0.15, -0.1) is 0 Å². The number of nitrogens with one attached hydrogen (secondary N) is 1. The third-order valence-corrected chi connectivity index (χ3v) is 5.46. The summed E-state index contributed by atoms with van der Waals surface area (Å²) in [6, 6.07) is 12.9. The summed E-state index contributed by atoms with van der Waals surface area (Å²) in [4.78, 5) is 24.5. The number of aromatic nitrogens is 2. The zero-order chi connectivity index (χ0) is 21.9. The number of hydrogen-bond donors (Lipinski definition) is 1. The highest BCUT2D eigenvalue weighted by molar-refractivity contribution is 7.90. The van der Waals surface area contributed by atoms with Gasteiger partial charge in [-0.25, -0.2) is 17.9 Å². The highest BCUT2D eigenvalue weighted by atomic mass is 32.2. The van der Waals surface area contributed by atoms with Crippen molar-refractivity contribution < 1.29 is 22.7 Å². The molecule has 8 nitrogen and oxygen atoms in total. The van der Waals surface area contributed by atoms with Crippen LogP contribution >= 0.6 is 0 Å². The largest absolute Gasteiger partial charge is 0.461 e. The molecule has 0 saturated heterocycles. The number of nitrogens with zero attached hydrogens (tertiary/aromatic N) is 2. The minimum Gasteiger partial charge on any atom is -0.461 e. The first-order valence-corrected chi connectivity index (χ1v) is 11.0. The summed E-state index contributed by atoms with van der Waals surface area (Å²) in [5.74, 6) is -0.902. The van der Waals surface area contributed by atoms with Crippen LogP contribution < -0.4 is 5.32 Å². The number of ether oxygens (including phenoxy) is 1. The molecule has 0 aliphatic rings. The highest BCUT2D eigenvalue weighted by Gasteiger charge is 2.15. The lowest BCUT2D eigenvalue weighted by Crippen LogP contribution is -2.14. The van der Waals surface area contributed by atoms with Gasteiger partial charge >= 0.3 is 5.97 Å². The Labute approximate surface area is 174 Å². The summed E-state index contributed by atoms with van der Waals surface area (Å²) in [6.07, 6.45) is 2.74. The van der Waals surface area contributed by atoms with Crippen molar-refractivity contribution in [2.24, 2.45) is 0 Å². The van der Waals surface area contributed by atoms with Crippen LogP contribution in [-0.2, 0) is 14.6 Å². The van der Waals surface area contributed by atoms with E-state index in [1.807, 2.05) is 0 Å². The van der Waals surface area contributed by atoms with Gasteiger partial charge in [0.25, 0.3) is 5.91 Å². The van der Waals surface area contributed by atoms with Gasteiger partial charge in [0.2, 0.25) is 0 Å². The molecule has 1 heterocycles. The Hall–Kier alpha value is -3.46. The number of carbonyl (C=O) groups excluding carboxylic acids is 2. The van der Waals surface area contributed by atoms with Crippen LogP contribution in [0.4, 0.5) is 5.69 Å². The molecule has 3 rings (SSSR count). The molecule has 0 radical (unpaired) electrons. The topological polar surface area (TPSA) is 107 Å². The van der Waals surface area contributed by atoms with Crippen molar-refractivity contribution in [2.75, 3.05) is 18.2 Å². The van der Waals surface area contributed by atoms with Crippen LogP contribution in [0.2, 0.25) is 0 Å². The highest BCUT2D eigenvalue weighted by Crippen LogP contribution is 2.19. The second-order valence-corrected chi connectivity index (χ2v) is 8.63. The maximum atomic E-state index is 12.6. The van der Waals surface area contributed by atoms with Crippen LogP contribution in [-0.4, -0.2) is 42.9 Å². The molecule has 0 bridgehead atoms. The summed E-state index contributed by atoms with van der Waals surface area (Å²) in [7, 11) is -3.42. The molecule has 1 N–H and O–H groups in total. The molecule has 30 heavy (non-hydrogen) atoms. The average Bonchev–Trinajstić information content (AvgIpc) is 3.18. The van der Waals surface area contributed by atoms with E-state index in [0.717, 1.165) is 6.26 Å². The van der Waals surface area contributed by atoms with Crippen LogP contribution in [0.3, 0.4) is 0 Å². The third kappa shape index (κ3) is 4.74. The fourth-order valence-electron chi connectivity index (χ4n) is 2.75. The Morgan fingerprint density at radius 2 is 1.80 bits per heavy atom. The van der Waals surface area contributed by atoms with E-state index in [-0.39, 0.29) is 22.8 Å². The number of sulfone groups is 1. The molecule has 156 valence electrons. The van der Waals surface area contributed by atoms with E-state index >= 15 is 0 Å². The second kappa shape index (κ2) is 8.50. The van der Waals surface area contributed by atoms with Crippen molar-refractivity contribution in [3.05, 3.63) is 71.5 Å². The lowest BCUT2D eigenvalue weighted by atomic mass is 10.1. The van der Waals surface area contributed by atoms with Gasteiger partial charge in [-0.3, -0.25) is 4.79 Å². The molecular formula is C21H21N3O5S. The molecule has 3 aromatic rings. The summed E-state index contributed by atoms with van der Waals surface area (Å²) in [5, 5.41) is 6.94. The lowest BCUT2D eigenvalue weighted by Gasteiger charge is -2.10. The number of aryl methyl sites for hydroxylation is 1. The normalized spacial score (nSPS) is 11.2. The summed E-state index contributed by atoms with van der Waals surface area (Å²) >= 11 is 0. The number of rotatable bonds is 6. The Morgan fingerprint density at radius 3 is 2.43 bits per heavy atom. The first kappa shape index (κ1) is 21.3. The van der Waals surface area contributed by atoms with Gasteiger partial charge < -0.3 is 10.1 Å². The van der Waals surface area contributed by atoms with Gasteiger partial charge in [0.15, 0.2) is 15.5 Å². The van der Waals surface area contributed by atoms with E-state index in [9.17, 15) is 18.0 Å². The van der Waals surface area contributed by atoms with Gasteiger partial charge in [0.05, 0.1) is 17.2 Å². The van der Waals surface area contributed by atoms with Crippen molar-refractivity contribution in [1.29, 1.82) is 0 Å². The molecule has 0 atom stereocenters. The monoisotopic (exact) mass is 427 g/mol. The van der Waals surface area contributed by atoms with Crippen LogP contribution in [0.1, 0.15) is 33.3 Å². The second-order valence-electron chi connectivity index (χ2n) is 6.62. The number of hydrogen-bond acceptors (Lipinski definition) is 6. The summed E-state index contributed by atoms with van der Waals surface area (Å²) in [5.41, 5.74) is 2.38. The maximum absolute atomic E-state index is 12.6. The fraction of sp³-hybridized carbons (Fsp3) is 0.190. The van der Waals surface area contributed by atoms with Gasteiger partial charge in [0, 0.05) is 23.7 Å². The van der Waals surface area contributed by atoms with Crippen molar-refractivity contribution in [2.45, 2.75) is 18.7 Å². The lowest BCUT2D eigenvalue weighted by molar-refractivity contribution is 0.0518. The maximum Gasteiger partial charge on any atom is 0.358 e. The van der Waals surface area contributed by atoms with Crippen LogP contribution in [0.5, 0.6) is 0 Å². The molecule has 0 spiro atoms. The number of esters is 1. The molecule has 0 aliphatic carbocycles. The van der Waals surface area contributed by atoms with E-state index < -0.39 is 21.7 Å².